The molecule has 3 aromatic rings. The number of ether oxygens (including phenoxy) is 1. The Hall–Kier alpha value is -3.55. The molecule has 0 saturated carbocycles. The van der Waals surface area contributed by atoms with Gasteiger partial charge in [-0.15, -0.1) is 0 Å². The smallest absolute Gasteiger partial charge is 0.266 e. The molecule has 3 aromatic carbocycles. The Morgan fingerprint density at radius 3 is 2.29 bits per heavy atom. The maximum Gasteiger partial charge on any atom is 0.266 e. The SMILES string of the molecule is CCOc1cc(/C=C(\C#N)C(=O)Nc2ccc(CC)cc2)cc(Cl)c1Cc1cc(C)cc(C)c1. The zero-order chi connectivity index (χ0) is 24.7. The lowest BCUT2D eigenvalue weighted by Crippen LogP contribution is -2.13. The summed E-state index contributed by atoms with van der Waals surface area (Å²) < 4.78 is 5.89. The summed E-state index contributed by atoms with van der Waals surface area (Å²) in [6, 6.07) is 19.6. The molecule has 3 rings (SSSR count). The van der Waals surface area contributed by atoms with E-state index in [0.29, 0.717) is 35.1 Å². The Bertz CT molecular complexity index is 1230. The number of nitrogens with one attached hydrogen (secondary N) is 1. The molecule has 174 valence electrons. The minimum absolute atomic E-state index is 0.0138. The van der Waals surface area contributed by atoms with Gasteiger partial charge in [0.05, 0.1) is 6.61 Å². The summed E-state index contributed by atoms with van der Waals surface area (Å²) >= 11 is 6.67. The minimum Gasteiger partial charge on any atom is -0.494 e. The van der Waals surface area contributed by atoms with E-state index in [1.807, 2.05) is 43.3 Å². The van der Waals surface area contributed by atoms with Gasteiger partial charge in [0.15, 0.2) is 0 Å². The van der Waals surface area contributed by atoms with Crippen LogP contribution in [0.1, 0.15) is 47.2 Å². The average Bonchev–Trinajstić information content (AvgIpc) is 2.79. The van der Waals surface area contributed by atoms with Crippen LogP contribution in [0.15, 0.2) is 60.2 Å². The van der Waals surface area contributed by atoms with Crippen LogP contribution < -0.4 is 10.1 Å². The Labute approximate surface area is 206 Å². The first-order valence-electron chi connectivity index (χ1n) is 11.4. The van der Waals surface area contributed by atoms with Crippen molar-refractivity contribution in [2.75, 3.05) is 11.9 Å². The summed E-state index contributed by atoms with van der Waals surface area (Å²) in [7, 11) is 0. The fraction of sp³-hybridized carbons (Fsp3) is 0.241. The number of hydrogen-bond acceptors (Lipinski definition) is 3. The van der Waals surface area contributed by atoms with Crippen molar-refractivity contribution < 1.29 is 9.53 Å². The Morgan fingerprint density at radius 2 is 1.71 bits per heavy atom. The van der Waals surface area contributed by atoms with Crippen LogP contribution in [0.4, 0.5) is 5.69 Å². The predicted molar refractivity (Wildman–Crippen MR) is 139 cm³/mol. The molecule has 1 N–H and O–H groups in total. The van der Waals surface area contributed by atoms with E-state index in [1.54, 1.807) is 6.07 Å². The first-order chi connectivity index (χ1) is 16.3. The molecular formula is C29H29ClN2O2. The van der Waals surface area contributed by atoms with Crippen LogP contribution >= 0.6 is 11.6 Å². The fourth-order valence-electron chi connectivity index (χ4n) is 3.88. The highest BCUT2D eigenvalue weighted by atomic mass is 35.5. The van der Waals surface area contributed by atoms with Crippen molar-refractivity contribution in [1.82, 2.24) is 0 Å². The molecule has 0 aliphatic carbocycles. The number of carbonyl (C=O) groups excluding carboxylic acids is 1. The van der Waals surface area contributed by atoms with Crippen LogP contribution in [0.3, 0.4) is 0 Å². The third-order valence-electron chi connectivity index (χ3n) is 5.44. The van der Waals surface area contributed by atoms with Crippen molar-refractivity contribution in [3.63, 3.8) is 0 Å². The standard InChI is InChI=1S/C29H29ClN2O2/c1-5-21-7-9-25(10-8-21)32-29(33)24(18-31)14-23-16-27(30)26(28(17-23)34-6-2)15-22-12-19(3)11-20(4)13-22/h7-14,16-17H,5-6,15H2,1-4H3,(H,32,33)/b24-14+. The number of nitriles is 1. The Kier molecular flexibility index (Phi) is 8.51. The molecule has 0 aromatic heterocycles. The number of hydrogen-bond donors (Lipinski definition) is 1. The lowest BCUT2D eigenvalue weighted by molar-refractivity contribution is -0.112. The van der Waals surface area contributed by atoms with E-state index < -0.39 is 5.91 Å². The molecule has 0 fully saturated rings. The topological polar surface area (TPSA) is 62.1 Å². The van der Waals surface area contributed by atoms with Crippen molar-refractivity contribution in [3.05, 3.63) is 98.6 Å². The van der Waals surface area contributed by atoms with E-state index in [1.165, 1.54) is 22.8 Å². The van der Waals surface area contributed by atoms with Crippen molar-refractivity contribution in [1.29, 1.82) is 5.26 Å². The van der Waals surface area contributed by atoms with Gasteiger partial charge in [-0.05, 0) is 74.2 Å². The summed E-state index contributed by atoms with van der Waals surface area (Å²) in [4.78, 5) is 12.7. The molecule has 0 atom stereocenters. The Morgan fingerprint density at radius 1 is 1.03 bits per heavy atom. The van der Waals surface area contributed by atoms with E-state index in [0.717, 1.165) is 17.5 Å². The highest BCUT2D eigenvalue weighted by molar-refractivity contribution is 6.31. The maximum absolute atomic E-state index is 12.7. The van der Waals surface area contributed by atoms with Gasteiger partial charge >= 0.3 is 0 Å². The zero-order valence-electron chi connectivity index (χ0n) is 20.0. The molecule has 0 radical (unpaired) electrons. The van der Waals surface area contributed by atoms with Gasteiger partial charge in [-0.3, -0.25) is 4.79 Å². The van der Waals surface area contributed by atoms with Crippen LogP contribution in [0, 0.1) is 25.2 Å². The van der Waals surface area contributed by atoms with E-state index in [2.05, 4.69) is 44.3 Å². The summed E-state index contributed by atoms with van der Waals surface area (Å²) in [6.07, 6.45) is 3.07. The summed E-state index contributed by atoms with van der Waals surface area (Å²) in [5.74, 6) is 0.174. The molecule has 0 aliphatic heterocycles. The lowest BCUT2D eigenvalue weighted by atomic mass is 9.98. The first-order valence-corrected chi connectivity index (χ1v) is 11.7. The molecule has 0 unspecified atom stereocenters. The number of amides is 1. The highest BCUT2D eigenvalue weighted by Gasteiger charge is 2.15. The number of benzene rings is 3. The number of nitrogens with zero attached hydrogens (tertiary/aromatic N) is 1. The second-order valence-electron chi connectivity index (χ2n) is 8.26. The van der Waals surface area contributed by atoms with E-state index in [9.17, 15) is 10.1 Å². The molecule has 1 amide bonds. The maximum atomic E-state index is 12.7. The molecule has 0 aliphatic rings. The lowest BCUT2D eigenvalue weighted by Gasteiger charge is -2.14. The fourth-order valence-corrected chi connectivity index (χ4v) is 4.17. The van der Waals surface area contributed by atoms with Gasteiger partial charge in [0, 0.05) is 22.7 Å². The van der Waals surface area contributed by atoms with Gasteiger partial charge in [0.2, 0.25) is 0 Å². The monoisotopic (exact) mass is 472 g/mol. The number of anilines is 1. The van der Waals surface area contributed by atoms with Gasteiger partial charge in [-0.1, -0.05) is 60.0 Å². The third kappa shape index (κ3) is 6.50. The van der Waals surface area contributed by atoms with Crippen molar-refractivity contribution >= 4 is 29.3 Å². The second kappa shape index (κ2) is 11.5. The largest absolute Gasteiger partial charge is 0.494 e. The molecule has 5 heteroatoms. The number of halogens is 1. The minimum atomic E-state index is -0.472. The predicted octanol–water partition coefficient (Wildman–Crippen LogP) is 7.05. The zero-order valence-corrected chi connectivity index (χ0v) is 20.8. The third-order valence-corrected chi connectivity index (χ3v) is 5.77. The molecule has 0 saturated heterocycles. The van der Waals surface area contributed by atoms with Crippen molar-refractivity contribution in [2.24, 2.45) is 0 Å². The van der Waals surface area contributed by atoms with Gasteiger partial charge in [0.1, 0.15) is 17.4 Å². The van der Waals surface area contributed by atoms with Crippen LogP contribution in [0.2, 0.25) is 5.02 Å². The van der Waals surface area contributed by atoms with Gasteiger partial charge in [0.25, 0.3) is 5.91 Å². The number of rotatable bonds is 8. The van der Waals surface area contributed by atoms with E-state index >= 15 is 0 Å². The summed E-state index contributed by atoms with van der Waals surface area (Å²) in [6.45, 7) is 8.60. The quantitative estimate of drug-likeness (QED) is 0.282. The number of aryl methyl sites for hydroxylation is 3. The second-order valence-corrected chi connectivity index (χ2v) is 8.67. The average molecular weight is 473 g/mol. The van der Waals surface area contributed by atoms with Gasteiger partial charge in [-0.25, -0.2) is 0 Å². The van der Waals surface area contributed by atoms with Crippen LogP contribution in [-0.2, 0) is 17.6 Å². The van der Waals surface area contributed by atoms with Crippen molar-refractivity contribution in [3.8, 4) is 11.8 Å². The van der Waals surface area contributed by atoms with Crippen LogP contribution in [0.25, 0.3) is 6.08 Å². The number of carbonyl (C=O) groups is 1. The molecule has 0 heterocycles. The van der Waals surface area contributed by atoms with E-state index in [-0.39, 0.29) is 5.57 Å². The van der Waals surface area contributed by atoms with Gasteiger partial charge < -0.3 is 10.1 Å². The molecule has 0 spiro atoms. The Balaban J connectivity index is 1.90. The highest BCUT2D eigenvalue weighted by Crippen LogP contribution is 2.32. The molecule has 34 heavy (non-hydrogen) atoms. The normalized spacial score (nSPS) is 11.1. The van der Waals surface area contributed by atoms with Crippen molar-refractivity contribution in [2.45, 2.75) is 40.5 Å². The summed E-state index contributed by atoms with van der Waals surface area (Å²) in [5.41, 5.74) is 6.84. The van der Waals surface area contributed by atoms with Crippen LogP contribution in [0.5, 0.6) is 5.75 Å². The molecular weight excluding hydrogens is 444 g/mol. The van der Waals surface area contributed by atoms with Crippen LogP contribution in [-0.4, -0.2) is 12.5 Å². The van der Waals surface area contributed by atoms with E-state index in [4.69, 9.17) is 16.3 Å². The first kappa shape index (κ1) is 25.1. The van der Waals surface area contributed by atoms with Gasteiger partial charge in [-0.2, -0.15) is 5.26 Å². The molecule has 4 nitrogen and oxygen atoms in total. The molecule has 0 bridgehead atoms. The summed E-state index contributed by atoms with van der Waals surface area (Å²) in [5, 5.41) is 12.9.